The lowest BCUT2D eigenvalue weighted by Gasteiger charge is -2.01. The molecule has 0 aliphatic heterocycles. The number of hydrogen-bond acceptors (Lipinski definition) is 2. The van der Waals surface area contributed by atoms with Crippen molar-refractivity contribution in [1.82, 2.24) is 0 Å². The predicted octanol–water partition coefficient (Wildman–Crippen LogP) is 1.31. The average Bonchev–Trinajstić information content (AvgIpc) is 1.78. The van der Waals surface area contributed by atoms with Gasteiger partial charge >= 0.3 is 7.60 Å². The highest BCUT2D eigenvalue weighted by Gasteiger charge is 2.10. The van der Waals surface area contributed by atoms with Crippen molar-refractivity contribution in [3.8, 4) is 0 Å². The van der Waals surface area contributed by atoms with Crippen molar-refractivity contribution in [3.05, 3.63) is 0 Å². The largest absolute Gasteiger partial charge is 0.326 e. The van der Waals surface area contributed by atoms with E-state index in [9.17, 15) is 4.57 Å². The molecule has 0 aliphatic carbocycles. The molecule has 0 heterocycles. The molecule has 0 aromatic heterocycles. The van der Waals surface area contributed by atoms with Crippen LogP contribution in [0.15, 0.2) is 0 Å². The second-order valence-electron chi connectivity index (χ2n) is 2.00. The van der Waals surface area contributed by atoms with E-state index < -0.39 is 7.60 Å². The van der Waals surface area contributed by atoms with E-state index in [1.807, 2.05) is 6.92 Å². The summed E-state index contributed by atoms with van der Waals surface area (Å²) in [5, 5.41) is 0. The van der Waals surface area contributed by atoms with E-state index in [1.54, 1.807) is 11.8 Å². The minimum atomic E-state index is -3.73. The zero-order chi connectivity index (χ0) is 8.04. The molecule has 0 radical (unpaired) electrons. The second-order valence-corrected chi connectivity index (χ2v) is 5.00. The first-order valence-corrected chi connectivity index (χ1v) is 6.14. The second kappa shape index (κ2) is 5.19. The highest BCUT2D eigenvalue weighted by atomic mass is 32.2. The smallest absolute Gasteiger partial charge is 0.324 e. The van der Waals surface area contributed by atoms with Crippen LogP contribution in [0.1, 0.15) is 13.3 Å². The van der Waals surface area contributed by atoms with Crippen LogP contribution in [0.4, 0.5) is 0 Å². The SMILES string of the molecule is CCCSCCP(=O)(O)O. The Bertz CT molecular complexity index is 122. The predicted molar refractivity (Wildman–Crippen MR) is 44.5 cm³/mol. The maximum Gasteiger partial charge on any atom is 0.326 e. The van der Waals surface area contributed by atoms with Crippen molar-refractivity contribution >= 4 is 19.4 Å². The van der Waals surface area contributed by atoms with E-state index in [1.165, 1.54) is 0 Å². The van der Waals surface area contributed by atoms with Crippen molar-refractivity contribution in [1.29, 1.82) is 0 Å². The summed E-state index contributed by atoms with van der Waals surface area (Å²) in [4.78, 5) is 16.8. The molecule has 0 atom stereocenters. The summed E-state index contributed by atoms with van der Waals surface area (Å²) in [7, 11) is -3.73. The third kappa shape index (κ3) is 8.50. The lowest BCUT2D eigenvalue weighted by atomic mass is 10.6. The Balaban J connectivity index is 3.13. The Labute approximate surface area is 65.4 Å². The number of thioether (sulfide) groups is 1. The molecule has 0 aromatic rings. The fourth-order valence-corrected chi connectivity index (χ4v) is 2.39. The van der Waals surface area contributed by atoms with Crippen LogP contribution in [0.25, 0.3) is 0 Å². The van der Waals surface area contributed by atoms with Crippen LogP contribution in [0.5, 0.6) is 0 Å². The van der Waals surface area contributed by atoms with Crippen LogP contribution < -0.4 is 0 Å². The number of hydrogen-bond donors (Lipinski definition) is 2. The summed E-state index contributed by atoms with van der Waals surface area (Å²) in [5.74, 6) is 1.55. The van der Waals surface area contributed by atoms with E-state index in [-0.39, 0.29) is 6.16 Å². The topological polar surface area (TPSA) is 57.5 Å². The Morgan fingerprint density at radius 1 is 1.40 bits per heavy atom. The van der Waals surface area contributed by atoms with Crippen LogP contribution in [0, 0.1) is 0 Å². The van der Waals surface area contributed by atoms with Crippen molar-refractivity contribution < 1.29 is 14.4 Å². The highest BCUT2D eigenvalue weighted by Crippen LogP contribution is 2.34. The van der Waals surface area contributed by atoms with Crippen molar-refractivity contribution in [2.45, 2.75) is 13.3 Å². The molecule has 5 heteroatoms. The summed E-state index contributed by atoms with van der Waals surface area (Å²) in [6.45, 7) is 2.05. The van der Waals surface area contributed by atoms with Gasteiger partial charge in [-0.25, -0.2) is 0 Å². The first kappa shape index (κ1) is 10.5. The van der Waals surface area contributed by atoms with Crippen molar-refractivity contribution in [2.75, 3.05) is 17.7 Å². The molecular formula is C5H13O3PS. The summed E-state index contributed by atoms with van der Waals surface area (Å²) in [6.07, 6.45) is 1.07. The molecule has 0 aromatic carbocycles. The summed E-state index contributed by atoms with van der Waals surface area (Å²) >= 11 is 1.59. The van der Waals surface area contributed by atoms with E-state index in [0.717, 1.165) is 12.2 Å². The molecule has 62 valence electrons. The summed E-state index contributed by atoms with van der Waals surface area (Å²) in [6, 6.07) is 0. The zero-order valence-electron chi connectivity index (χ0n) is 5.99. The molecule has 2 N–H and O–H groups in total. The maximum absolute atomic E-state index is 10.3. The lowest BCUT2D eigenvalue weighted by Crippen LogP contribution is -1.91. The Morgan fingerprint density at radius 3 is 2.40 bits per heavy atom. The molecule has 0 saturated carbocycles. The van der Waals surface area contributed by atoms with Crippen LogP contribution in [0.3, 0.4) is 0 Å². The molecule has 3 nitrogen and oxygen atoms in total. The molecule has 0 spiro atoms. The minimum absolute atomic E-state index is 0.0116. The normalized spacial score (nSPS) is 11.9. The third-order valence-electron chi connectivity index (χ3n) is 0.875. The summed E-state index contributed by atoms with van der Waals surface area (Å²) < 4.78 is 10.3. The first-order chi connectivity index (χ1) is 4.56. The molecule has 0 bridgehead atoms. The van der Waals surface area contributed by atoms with Crippen LogP contribution in [-0.2, 0) is 4.57 Å². The Hall–Kier alpha value is 0.500. The van der Waals surface area contributed by atoms with Gasteiger partial charge in [-0.3, -0.25) is 4.57 Å². The third-order valence-corrected chi connectivity index (χ3v) is 3.17. The average molecular weight is 184 g/mol. The van der Waals surface area contributed by atoms with E-state index in [2.05, 4.69) is 0 Å². The zero-order valence-corrected chi connectivity index (χ0v) is 7.70. The quantitative estimate of drug-likeness (QED) is 0.499. The fraction of sp³-hybridized carbons (Fsp3) is 1.00. The molecule has 0 aliphatic rings. The van der Waals surface area contributed by atoms with Gasteiger partial charge in [0.25, 0.3) is 0 Å². The Kier molecular flexibility index (Phi) is 5.45. The molecule has 0 amide bonds. The van der Waals surface area contributed by atoms with E-state index >= 15 is 0 Å². The standard InChI is InChI=1S/C5H13O3PS/c1-2-4-10-5-3-9(6,7)8/h2-5H2,1H3,(H2,6,7,8). The van der Waals surface area contributed by atoms with Gasteiger partial charge in [-0.05, 0) is 12.2 Å². The van der Waals surface area contributed by atoms with Gasteiger partial charge in [0.1, 0.15) is 0 Å². The van der Waals surface area contributed by atoms with Crippen LogP contribution >= 0.6 is 19.4 Å². The van der Waals surface area contributed by atoms with Gasteiger partial charge in [0.2, 0.25) is 0 Å². The van der Waals surface area contributed by atoms with Gasteiger partial charge < -0.3 is 9.79 Å². The minimum Gasteiger partial charge on any atom is -0.324 e. The van der Waals surface area contributed by atoms with Gasteiger partial charge in [-0.2, -0.15) is 11.8 Å². The molecule has 0 fully saturated rings. The lowest BCUT2D eigenvalue weighted by molar-refractivity contribution is 0.375. The number of rotatable bonds is 5. The molecular weight excluding hydrogens is 171 g/mol. The fourth-order valence-electron chi connectivity index (χ4n) is 0.430. The monoisotopic (exact) mass is 184 g/mol. The maximum atomic E-state index is 10.3. The summed E-state index contributed by atoms with van der Waals surface area (Å²) in [5.41, 5.74) is 0. The molecule has 0 unspecified atom stereocenters. The van der Waals surface area contributed by atoms with Gasteiger partial charge in [-0.1, -0.05) is 6.92 Å². The van der Waals surface area contributed by atoms with Gasteiger partial charge in [-0.15, -0.1) is 0 Å². The Morgan fingerprint density at radius 2 is 2.00 bits per heavy atom. The molecule has 0 saturated heterocycles. The molecule has 10 heavy (non-hydrogen) atoms. The first-order valence-electron chi connectivity index (χ1n) is 3.18. The van der Waals surface area contributed by atoms with Gasteiger partial charge in [0, 0.05) is 5.75 Å². The molecule has 0 rings (SSSR count). The van der Waals surface area contributed by atoms with Crippen LogP contribution in [0.2, 0.25) is 0 Å². The van der Waals surface area contributed by atoms with E-state index in [4.69, 9.17) is 9.79 Å². The van der Waals surface area contributed by atoms with Crippen molar-refractivity contribution in [3.63, 3.8) is 0 Å². The van der Waals surface area contributed by atoms with Crippen molar-refractivity contribution in [2.24, 2.45) is 0 Å². The van der Waals surface area contributed by atoms with E-state index in [0.29, 0.717) is 5.75 Å². The highest BCUT2D eigenvalue weighted by molar-refractivity contribution is 7.99. The van der Waals surface area contributed by atoms with Crippen LogP contribution in [-0.4, -0.2) is 27.5 Å². The van der Waals surface area contributed by atoms with Gasteiger partial charge in [0.15, 0.2) is 0 Å². The van der Waals surface area contributed by atoms with Gasteiger partial charge in [0.05, 0.1) is 6.16 Å².